The Bertz CT molecular complexity index is 940. The van der Waals surface area contributed by atoms with Gasteiger partial charge in [0.15, 0.2) is 0 Å². The fraction of sp³-hybridized carbons (Fsp3) is 0.364. The normalized spacial score (nSPS) is 18.7. The van der Waals surface area contributed by atoms with Crippen molar-refractivity contribution in [2.24, 2.45) is 11.8 Å². The van der Waals surface area contributed by atoms with Crippen LogP contribution in [0.1, 0.15) is 41.8 Å². The predicted octanol–water partition coefficient (Wildman–Crippen LogP) is 4.31. The first-order valence-electron chi connectivity index (χ1n) is 9.57. The zero-order valence-corrected chi connectivity index (χ0v) is 16.5. The molecule has 7 nitrogen and oxygen atoms in total. The highest BCUT2D eigenvalue weighted by Crippen LogP contribution is 2.34. The molecule has 1 heterocycles. The standard InChI is InChI=1S/C22H23N3O4/c1-15-9-16(2)13-24(12-15)20-8-7-19(10-21(20)25(27)28)22(26)29-14-18-5-3-17(11-23)4-6-18/h3-8,10,15-16H,9,12-14H2,1-2H3. The van der Waals surface area contributed by atoms with Crippen molar-refractivity contribution in [3.63, 3.8) is 0 Å². The van der Waals surface area contributed by atoms with Crippen LogP contribution in [0.4, 0.5) is 11.4 Å². The molecule has 1 saturated heterocycles. The van der Waals surface area contributed by atoms with Crippen molar-refractivity contribution in [3.8, 4) is 6.07 Å². The van der Waals surface area contributed by atoms with E-state index >= 15 is 0 Å². The third-order valence-corrected chi connectivity index (χ3v) is 5.07. The molecule has 0 N–H and O–H groups in total. The average Bonchev–Trinajstić information content (AvgIpc) is 2.71. The summed E-state index contributed by atoms with van der Waals surface area (Å²) >= 11 is 0. The third kappa shape index (κ3) is 4.91. The lowest BCUT2D eigenvalue weighted by Gasteiger charge is -2.36. The van der Waals surface area contributed by atoms with Gasteiger partial charge in [-0.3, -0.25) is 10.1 Å². The minimum absolute atomic E-state index is 0.0290. The SMILES string of the molecule is CC1CC(C)CN(c2ccc(C(=O)OCc3ccc(C#N)cc3)cc2[N+](=O)[O-])C1. The number of nitro groups is 1. The molecule has 0 saturated carbocycles. The number of hydrogen-bond donors (Lipinski definition) is 0. The van der Waals surface area contributed by atoms with E-state index < -0.39 is 10.9 Å². The van der Waals surface area contributed by atoms with E-state index in [2.05, 4.69) is 13.8 Å². The largest absolute Gasteiger partial charge is 0.457 e. The van der Waals surface area contributed by atoms with Crippen LogP contribution in [0.15, 0.2) is 42.5 Å². The number of nitrogens with zero attached hydrogens (tertiary/aromatic N) is 3. The molecular weight excluding hydrogens is 370 g/mol. The Balaban J connectivity index is 1.75. The zero-order valence-electron chi connectivity index (χ0n) is 16.5. The topological polar surface area (TPSA) is 96.5 Å². The number of esters is 1. The van der Waals surface area contributed by atoms with Gasteiger partial charge in [0.1, 0.15) is 12.3 Å². The Labute approximate surface area is 169 Å². The molecular formula is C22H23N3O4. The van der Waals surface area contributed by atoms with Gasteiger partial charge in [0.05, 0.1) is 22.1 Å². The van der Waals surface area contributed by atoms with Crippen LogP contribution in [-0.4, -0.2) is 24.0 Å². The van der Waals surface area contributed by atoms with Gasteiger partial charge in [0.2, 0.25) is 0 Å². The summed E-state index contributed by atoms with van der Waals surface area (Å²) in [6, 6.07) is 13.2. The number of anilines is 1. The van der Waals surface area contributed by atoms with Gasteiger partial charge in [-0.1, -0.05) is 26.0 Å². The second-order valence-corrected chi connectivity index (χ2v) is 7.70. The van der Waals surface area contributed by atoms with Gasteiger partial charge in [-0.25, -0.2) is 4.79 Å². The van der Waals surface area contributed by atoms with Gasteiger partial charge in [0, 0.05) is 19.2 Å². The predicted molar refractivity (Wildman–Crippen MR) is 109 cm³/mol. The number of nitro benzene ring substituents is 1. The molecule has 2 aromatic rings. The average molecular weight is 393 g/mol. The van der Waals surface area contributed by atoms with Gasteiger partial charge in [0.25, 0.3) is 5.69 Å². The Morgan fingerprint density at radius 3 is 2.45 bits per heavy atom. The van der Waals surface area contributed by atoms with Crippen LogP contribution in [-0.2, 0) is 11.3 Å². The number of benzene rings is 2. The highest BCUT2D eigenvalue weighted by atomic mass is 16.6. The summed E-state index contributed by atoms with van der Waals surface area (Å²) in [7, 11) is 0. The minimum Gasteiger partial charge on any atom is -0.457 e. The summed E-state index contributed by atoms with van der Waals surface area (Å²) in [5.74, 6) is 0.287. The van der Waals surface area contributed by atoms with E-state index in [-0.39, 0.29) is 17.9 Å². The number of hydrogen-bond acceptors (Lipinski definition) is 6. The van der Waals surface area contributed by atoms with Crippen molar-refractivity contribution >= 4 is 17.3 Å². The molecule has 2 aromatic carbocycles. The Morgan fingerprint density at radius 1 is 1.21 bits per heavy atom. The maximum atomic E-state index is 12.4. The molecule has 0 radical (unpaired) electrons. The van der Waals surface area contributed by atoms with Gasteiger partial charge in [-0.15, -0.1) is 0 Å². The molecule has 3 rings (SSSR count). The number of rotatable bonds is 5. The molecule has 2 unspecified atom stereocenters. The van der Waals surface area contributed by atoms with E-state index in [4.69, 9.17) is 10.00 Å². The van der Waals surface area contributed by atoms with E-state index in [0.717, 1.165) is 25.1 Å². The quantitative estimate of drug-likeness (QED) is 0.427. The lowest BCUT2D eigenvalue weighted by molar-refractivity contribution is -0.384. The van der Waals surface area contributed by atoms with E-state index in [9.17, 15) is 14.9 Å². The molecule has 7 heteroatoms. The summed E-state index contributed by atoms with van der Waals surface area (Å²) < 4.78 is 5.28. The zero-order chi connectivity index (χ0) is 21.0. The Kier molecular flexibility index (Phi) is 6.13. The van der Waals surface area contributed by atoms with Gasteiger partial charge in [-0.2, -0.15) is 5.26 Å². The molecule has 0 aliphatic carbocycles. The molecule has 150 valence electrons. The maximum Gasteiger partial charge on any atom is 0.338 e. The summed E-state index contributed by atoms with van der Waals surface area (Å²) in [5.41, 5.74) is 1.86. The number of carbonyl (C=O) groups excluding carboxylic acids is 1. The molecule has 1 fully saturated rings. The van der Waals surface area contributed by atoms with Crippen LogP contribution in [0, 0.1) is 33.3 Å². The third-order valence-electron chi connectivity index (χ3n) is 5.07. The van der Waals surface area contributed by atoms with Crippen molar-refractivity contribution < 1.29 is 14.5 Å². The summed E-state index contributed by atoms with van der Waals surface area (Å²) in [5, 5.41) is 20.5. The second kappa shape index (κ2) is 8.74. The summed E-state index contributed by atoms with van der Waals surface area (Å²) in [6.45, 7) is 5.83. The Hall–Kier alpha value is -3.40. The van der Waals surface area contributed by atoms with Crippen molar-refractivity contribution in [1.29, 1.82) is 5.26 Å². The minimum atomic E-state index is -0.621. The highest BCUT2D eigenvalue weighted by molar-refractivity contribution is 5.91. The molecule has 0 amide bonds. The van der Waals surface area contributed by atoms with E-state index in [1.807, 2.05) is 11.0 Å². The van der Waals surface area contributed by atoms with Gasteiger partial charge in [-0.05, 0) is 48.1 Å². The van der Waals surface area contributed by atoms with Crippen LogP contribution < -0.4 is 4.90 Å². The van der Waals surface area contributed by atoms with Crippen LogP contribution >= 0.6 is 0 Å². The molecule has 1 aliphatic heterocycles. The van der Waals surface area contributed by atoms with Crippen LogP contribution in [0.25, 0.3) is 0 Å². The molecule has 0 bridgehead atoms. The van der Waals surface area contributed by atoms with Gasteiger partial charge >= 0.3 is 5.97 Å². The van der Waals surface area contributed by atoms with Crippen LogP contribution in [0.3, 0.4) is 0 Å². The number of nitriles is 1. The van der Waals surface area contributed by atoms with Crippen molar-refractivity contribution in [3.05, 3.63) is 69.3 Å². The lowest BCUT2D eigenvalue weighted by Crippen LogP contribution is -2.39. The maximum absolute atomic E-state index is 12.4. The first-order valence-corrected chi connectivity index (χ1v) is 9.57. The fourth-order valence-corrected chi connectivity index (χ4v) is 3.83. The van der Waals surface area contributed by atoms with Gasteiger partial charge < -0.3 is 9.64 Å². The molecule has 0 aromatic heterocycles. The summed E-state index contributed by atoms with van der Waals surface area (Å²) in [4.78, 5) is 25.6. The molecule has 2 atom stereocenters. The fourth-order valence-electron chi connectivity index (χ4n) is 3.83. The van der Waals surface area contributed by atoms with Crippen molar-refractivity contribution in [2.75, 3.05) is 18.0 Å². The molecule has 1 aliphatic rings. The van der Waals surface area contributed by atoms with Crippen LogP contribution in [0.5, 0.6) is 0 Å². The second-order valence-electron chi connectivity index (χ2n) is 7.70. The van der Waals surface area contributed by atoms with Crippen molar-refractivity contribution in [1.82, 2.24) is 0 Å². The lowest BCUT2D eigenvalue weighted by atomic mass is 9.91. The summed E-state index contributed by atoms with van der Waals surface area (Å²) in [6.07, 6.45) is 1.10. The van der Waals surface area contributed by atoms with Crippen molar-refractivity contribution in [2.45, 2.75) is 26.9 Å². The monoisotopic (exact) mass is 393 g/mol. The Morgan fingerprint density at radius 2 is 1.86 bits per heavy atom. The van der Waals surface area contributed by atoms with Crippen LogP contribution in [0.2, 0.25) is 0 Å². The first kappa shape index (κ1) is 20.3. The molecule has 29 heavy (non-hydrogen) atoms. The molecule has 0 spiro atoms. The van der Waals surface area contributed by atoms with E-state index in [1.54, 1.807) is 36.4 Å². The van der Waals surface area contributed by atoms with E-state index in [1.165, 1.54) is 6.07 Å². The highest BCUT2D eigenvalue weighted by Gasteiger charge is 2.28. The number of piperidine rings is 1. The van der Waals surface area contributed by atoms with E-state index in [0.29, 0.717) is 23.1 Å². The smallest absolute Gasteiger partial charge is 0.338 e. The number of carbonyl (C=O) groups is 1. The number of ether oxygens (including phenoxy) is 1. The first-order chi connectivity index (χ1) is 13.9.